The molecule has 2 N–H and O–H groups in total. The van der Waals surface area contributed by atoms with Crippen LogP contribution in [0.15, 0.2) is 30.3 Å². The maximum absolute atomic E-state index is 12.5. The maximum atomic E-state index is 12.5. The molecule has 2 aromatic heterocycles. The molecule has 1 aromatic carbocycles. The number of anilines is 1. The molecule has 2 heterocycles. The number of halogens is 1. The molecule has 0 aliphatic heterocycles. The van der Waals surface area contributed by atoms with E-state index in [1.165, 1.54) is 22.7 Å². The van der Waals surface area contributed by atoms with E-state index in [1.54, 1.807) is 18.0 Å². The number of thiophene rings is 1. The van der Waals surface area contributed by atoms with Gasteiger partial charge in [-0.1, -0.05) is 22.9 Å². The monoisotopic (exact) mass is 337 g/mol. The van der Waals surface area contributed by atoms with Crippen molar-refractivity contribution in [3.05, 3.63) is 45.1 Å². The average molecular weight is 338 g/mol. The van der Waals surface area contributed by atoms with Crippen LogP contribution in [-0.4, -0.2) is 22.8 Å². The van der Waals surface area contributed by atoms with Gasteiger partial charge in [-0.05, 0) is 30.3 Å². The van der Waals surface area contributed by atoms with Gasteiger partial charge in [0.05, 0.1) is 21.1 Å². The van der Waals surface area contributed by atoms with Crippen molar-refractivity contribution in [2.45, 2.75) is 6.54 Å². The number of nitrogens with two attached hydrogens (primary N) is 1. The third-order valence-electron chi connectivity index (χ3n) is 3.02. The number of nitrogen functional groups attached to an aromatic ring is 1. The van der Waals surface area contributed by atoms with Crippen molar-refractivity contribution >= 4 is 55.5 Å². The van der Waals surface area contributed by atoms with Crippen molar-refractivity contribution in [2.75, 3.05) is 12.8 Å². The predicted octanol–water partition coefficient (Wildman–Crippen LogP) is 3.87. The SMILES string of the molecule is CN(Cc1ccc(Cl)s1)C(=O)c1ccc2nc(N)sc2c1. The zero-order valence-electron chi connectivity index (χ0n) is 11.2. The summed E-state index contributed by atoms with van der Waals surface area (Å²) in [5.74, 6) is -0.0339. The van der Waals surface area contributed by atoms with Crippen LogP contribution in [-0.2, 0) is 6.54 Å². The summed E-state index contributed by atoms with van der Waals surface area (Å²) in [6.07, 6.45) is 0. The number of carbonyl (C=O) groups is 1. The van der Waals surface area contributed by atoms with Crippen LogP contribution in [0.25, 0.3) is 10.2 Å². The summed E-state index contributed by atoms with van der Waals surface area (Å²) in [6, 6.07) is 9.21. The summed E-state index contributed by atoms with van der Waals surface area (Å²) in [7, 11) is 1.78. The molecule has 0 aliphatic carbocycles. The Kier molecular flexibility index (Phi) is 3.84. The molecule has 0 atom stereocenters. The third kappa shape index (κ3) is 3.02. The Morgan fingerprint density at radius 1 is 1.33 bits per heavy atom. The maximum Gasteiger partial charge on any atom is 0.253 e. The van der Waals surface area contributed by atoms with E-state index in [0.29, 0.717) is 17.2 Å². The van der Waals surface area contributed by atoms with Crippen molar-refractivity contribution in [1.29, 1.82) is 0 Å². The molecule has 0 saturated carbocycles. The highest BCUT2D eigenvalue weighted by Crippen LogP contribution is 2.26. The fraction of sp³-hybridized carbons (Fsp3) is 0.143. The van der Waals surface area contributed by atoms with Crippen molar-refractivity contribution in [3.63, 3.8) is 0 Å². The number of amides is 1. The molecule has 4 nitrogen and oxygen atoms in total. The summed E-state index contributed by atoms with van der Waals surface area (Å²) in [4.78, 5) is 19.4. The summed E-state index contributed by atoms with van der Waals surface area (Å²) in [6.45, 7) is 0.541. The molecule has 3 aromatic rings. The van der Waals surface area contributed by atoms with E-state index in [-0.39, 0.29) is 5.91 Å². The Hall–Kier alpha value is -1.63. The van der Waals surface area contributed by atoms with Gasteiger partial charge in [-0.25, -0.2) is 4.98 Å². The second-order valence-corrected chi connectivity index (χ2v) is 7.46. The fourth-order valence-corrected chi connectivity index (χ4v) is 3.95. The smallest absolute Gasteiger partial charge is 0.253 e. The number of benzene rings is 1. The van der Waals surface area contributed by atoms with Crippen LogP contribution < -0.4 is 5.73 Å². The number of thiazole rings is 1. The van der Waals surface area contributed by atoms with Gasteiger partial charge >= 0.3 is 0 Å². The van der Waals surface area contributed by atoms with E-state index in [2.05, 4.69) is 4.98 Å². The normalized spacial score (nSPS) is 11.0. The molecule has 0 spiro atoms. The van der Waals surface area contributed by atoms with Crippen molar-refractivity contribution in [1.82, 2.24) is 9.88 Å². The second kappa shape index (κ2) is 5.63. The Bertz CT molecular complexity index is 812. The van der Waals surface area contributed by atoms with Gasteiger partial charge in [-0.3, -0.25) is 4.79 Å². The van der Waals surface area contributed by atoms with Gasteiger partial charge in [0.1, 0.15) is 0 Å². The highest BCUT2D eigenvalue weighted by molar-refractivity contribution is 7.22. The molecular weight excluding hydrogens is 326 g/mol. The largest absolute Gasteiger partial charge is 0.375 e. The van der Waals surface area contributed by atoms with Crippen LogP contribution in [0.3, 0.4) is 0 Å². The molecule has 1 amide bonds. The number of aromatic nitrogens is 1. The van der Waals surface area contributed by atoms with E-state index < -0.39 is 0 Å². The summed E-state index contributed by atoms with van der Waals surface area (Å²) >= 11 is 8.77. The first-order valence-electron chi connectivity index (χ1n) is 6.18. The van der Waals surface area contributed by atoms with E-state index in [9.17, 15) is 4.79 Å². The molecule has 3 rings (SSSR count). The number of fused-ring (bicyclic) bond motifs is 1. The van der Waals surface area contributed by atoms with Crippen LogP contribution in [0, 0.1) is 0 Å². The third-order valence-corrected chi connectivity index (χ3v) is 5.08. The first-order chi connectivity index (χ1) is 10.0. The minimum Gasteiger partial charge on any atom is -0.375 e. The minimum absolute atomic E-state index is 0.0339. The lowest BCUT2D eigenvalue weighted by Gasteiger charge is -2.16. The lowest BCUT2D eigenvalue weighted by Crippen LogP contribution is -2.25. The van der Waals surface area contributed by atoms with E-state index >= 15 is 0 Å². The highest BCUT2D eigenvalue weighted by atomic mass is 35.5. The Balaban J connectivity index is 1.81. The van der Waals surface area contributed by atoms with Crippen LogP contribution in [0.5, 0.6) is 0 Å². The highest BCUT2D eigenvalue weighted by Gasteiger charge is 2.14. The lowest BCUT2D eigenvalue weighted by molar-refractivity contribution is 0.0786. The van der Waals surface area contributed by atoms with Gasteiger partial charge in [0.2, 0.25) is 0 Å². The van der Waals surface area contributed by atoms with Gasteiger partial charge in [-0.15, -0.1) is 11.3 Å². The topological polar surface area (TPSA) is 59.2 Å². The molecule has 21 heavy (non-hydrogen) atoms. The summed E-state index contributed by atoms with van der Waals surface area (Å²) < 4.78 is 1.65. The average Bonchev–Trinajstić information content (AvgIpc) is 3.01. The first kappa shape index (κ1) is 14.3. The molecule has 7 heteroatoms. The number of nitrogens with zero attached hydrogens (tertiary/aromatic N) is 2. The molecule has 0 aliphatic rings. The predicted molar refractivity (Wildman–Crippen MR) is 89.2 cm³/mol. The number of rotatable bonds is 3. The van der Waals surface area contributed by atoms with Crippen molar-refractivity contribution < 1.29 is 4.79 Å². The minimum atomic E-state index is -0.0339. The quantitative estimate of drug-likeness (QED) is 0.789. The number of carbonyl (C=O) groups excluding carboxylic acids is 1. The molecule has 108 valence electrons. The molecule has 0 unspecified atom stereocenters. The molecule has 0 bridgehead atoms. The second-order valence-electron chi connectivity index (χ2n) is 4.60. The Morgan fingerprint density at radius 3 is 2.86 bits per heavy atom. The lowest BCUT2D eigenvalue weighted by atomic mass is 10.2. The molecule has 0 radical (unpaired) electrons. The number of hydrogen-bond acceptors (Lipinski definition) is 5. The fourth-order valence-electron chi connectivity index (χ4n) is 2.04. The zero-order valence-corrected chi connectivity index (χ0v) is 13.6. The summed E-state index contributed by atoms with van der Waals surface area (Å²) in [5.41, 5.74) is 7.14. The van der Waals surface area contributed by atoms with Crippen molar-refractivity contribution in [3.8, 4) is 0 Å². The van der Waals surface area contributed by atoms with Crippen LogP contribution >= 0.6 is 34.3 Å². The van der Waals surface area contributed by atoms with Crippen LogP contribution in [0.1, 0.15) is 15.2 Å². The number of hydrogen-bond donors (Lipinski definition) is 1. The van der Waals surface area contributed by atoms with Gasteiger partial charge < -0.3 is 10.6 Å². The van der Waals surface area contributed by atoms with Gasteiger partial charge in [-0.2, -0.15) is 0 Å². The Morgan fingerprint density at radius 2 is 2.14 bits per heavy atom. The summed E-state index contributed by atoms with van der Waals surface area (Å²) in [5, 5.41) is 0.510. The standard InChI is InChI=1S/C14H12ClN3OS2/c1-18(7-9-3-5-12(15)20-9)13(19)8-2-4-10-11(6-8)21-14(16)17-10/h2-6H,7H2,1H3,(H2,16,17). The van der Waals surface area contributed by atoms with E-state index in [0.717, 1.165) is 19.4 Å². The zero-order chi connectivity index (χ0) is 15.0. The molecular formula is C14H12ClN3OS2. The Labute approximate surface area is 134 Å². The van der Waals surface area contributed by atoms with Crippen molar-refractivity contribution in [2.24, 2.45) is 0 Å². The van der Waals surface area contributed by atoms with Gasteiger partial charge in [0.25, 0.3) is 5.91 Å². The first-order valence-corrected chi connectivity index (χ1v) is 8.20. The van der Waals surface area contributed by atoms with E-state index in [1.807, 2.05) is 24.3 Å². The van der Waals surface area contributed by atoms with Crippen LogP contribution in [0.4, 0.5) is 5.13 Å². The van der Waals surface area contributed by atoms with Crippen LogP contribution in [0.2, 0.25) is 4.34 Å². The van der Waals surface area contributed by atoms with E-state index in [4.69, 9.17) is 17.3 Å². The molecule has 0 saturated heterocycles. The van der Waals surface area contributed by atoms with Gasteiger partial charge in [0, 0.05) is 17.5 Å². The van der Waals surface area contributed by atoms with Gasteiger partial charge in [0.15, 0.2) is 5.13 Å². The molecule has 0 fully saturated rings.